The van der Waals surface area contributed by atoms with Crippen LogP contribution in [0.5, 0.6) is 0 Å². The molecule has 2 rings (SSSR count). The number of benzene rings is 1. The van der Waals surface area contributed by atoms with Crippen LogP contribution in [0.1, 0.15) is 12.6 Å². The summed E-state index contributed by atoms with van der Waals surface area (Å²) in [5, 5.41) is 1.05. The highest BCUT2D eigenvalue weighted by Crippen LogP contribution is 2.17. The maximum absolute atomic E-state index is 10.7. The molecular weight excluding hydrogens is 222 g/mol. The van der Waals surface area contributed by atoms with Gasteiger partial charge in [0.25, 0.3) is 0 Å². The van der Waals surface area contributed by atoms with Crippen molar-refractivity contribution in [1.29, 1.82) is 0 Å². The van der Waals surface area contributed by atoms with Gasteiger partial charge in [0.15, 0.2) is 0 Å². The normalized spacial score (nSPS) is 10.4. The van der Waals surface area contributed by atoms with Gasteiger partial charge >= 0.3 is 5.97 Å². The quantitative estimate of drug-likeness (QED) is 0.640. The van der Waals surface area contributed by atoms with Crippen molar-refractivity contribution < 1.29 is 9.53 Å². The lowest BCUT2D eigenvalue weighted by Crippen LogP contribution is -2.00. The summed E-state index contributed by atoms with van der Waals surface area (Å²) in [5.41, 5.74) is 1.60. The molecule has 0 bridgehead atoms. The molecule has 82 valence electrons. The van der Waals surface area contributed by atoms with Crippen LogP contribution >= 0.6 is 12.6 Å². The fourth-order valence-electron chi connectivity index (χ4n) is 1.40. The summed E-state index contributed by atoms with van der Waals surface area (Å²) in [5.74, 6) is -0.301. The van der Waals surface area contributed by atoms with Gasteiger partial charge in [0.2, 0.25) is 0 Å². The van der Waals surface area contributed by atoms with Crippen molar-refractivity contribution in [2.45, 2.75) is 18.4 Å². The summed E-state index contributed by atoms with van der Waals surface area (Å²) in [4.78, 5) is 15.9. The Kier molecular flexibility index (Phi) is 3.10. The van der Waals surface area contributed by atoms with Crippen LogP contribution in [0.4, 0.5) is 0 Å². The molecule has 0 atom stereocenters. The Labute approximate surface area is 98.9 Å². The van der Waals surface area contributed by atoms with Crippen molar-refractivity contribution in [2.75, 3.05) is 0 Å². The van der Waals surface area contributed by atoms with E-state index in [2.05, 4.69) is 17.6 Å². The first-order valence-electron chi connectivity index (χ1n) is 4.87. The number of aromatic nitrogens is 1. The van der Waals surface area contributed by atoms with E-state index in [1.165, 1.54) is 6.92 Å². The smallest absolute Gasteiger partial charge is 0.303 e. The average Bonchev–Trinajstić information content (AvgIpc) is 2.25. The maximum atomic E-state index is 10.7. The second-order valence-electron chi connectivity index (χ2n) is 3.46. The standard InChI is InChI=1S/C12H11NO2S/c1-8(14)15-7-10-4-2-9-3-5-11(16)6-12(9)13-10/h2-6,16H,7H2,1H3. The third kappa shape index (κ3) is 2.52. The molecule has 4 heteroatoms. The number of carbonyl (C=O) groups excluding carboxylic acids is 1. The van der Waals surface area contributed by atoms with E-state index in [-0.39, 0.29) is 12.6 Å². The largest absolute Gasteiger partial charge is 0.459 e. The highest BCUT2D eigenvalue weighted by Gasteiger charge is 2.00. The lowest BCUT2D eigenvalue weighted by molar-refractivity contribution is -0.142. The first-order valence-corrected chi connectivity index (χ1v) is 5.32. The molecule has 0 amide bonds. The van der Waals surface area contributed by atoms with Crippen molar-refractivity contribution in [3.05, 3.63) is 36.0 Å². The first kappa shape index (κ1) is 11.0. The Balaban J connectivity index is 2.31. The van der Waals surface area contributed by atoms with E-state index >= 15 is 0 Å². The predicted molar refractivity (Wildman–Crippen MR) is 64.5 cm³/mol. The molecular formula is C12H11NO2S. The van der Waals surface area contributed by atoms with Crippen LogP contribution in [0.3, 0.4) is 0 Å². The van der Waals surface area contributed by atoms with Crippen LogP contribution in [0.2, 0.25) is 0 Å². The van der Waals surface area contributed by atoms with Gasteiger partial charge < -0.3 is 4.74 Å². The van der Waals surface area contributed by atoms with Gasteiger partial charge in [-0.05, 0) is 18.2 Å². The van der Waals surface area contributed by atoms with E-state index in [0.717, 1.165) is 21.5 Å². The minimum atomic E-state index is -0.301. The minimum Gasteiger partial charge on any atom is -0.459 e. The molecule has 0 aliphatic heterocycles. The van der Waals surface area contributed by atoms with Gasteiger partial charge in [-0.15, -0.1) is 12.6 Å². The van der Waals surface area contributed by atoms with Crippen LogP contribution in [0, 0.1) is 0 Å². The molecule has 0 saturated heterocycles. The van der Waals surface area contributed by atoms with E-state index < -0.39 is 0 Å². The first-order chi connectivity index (χ1) is 7.65. The van der Waals surface area contributed by atoms with Crippen molar-refractivity contribution in [3.8, 4) is 0 Å². The Morgan fingerprint density at radius 2 is 2.12 bits per heavy atom. The SMILES string of the molecule is CC(=O)OCc1ccc2ccc(S)cc2n1. The molecule has 0 unspecified atom stereocenters. The van der Waals surface area contributed by atoms with Crippen LogP contribution < -0.4 is 0 Å². The highest BCUT2D eigenvalue weighted by molar-refractivity contribution is 7.80. The number of rotatable bonds is 2. The number of esters is 1. The zero-order valence-corrected chi connectivity index (χ0v) is 9.70. The third-order valence-corrected chi connectivity index (χ3v) is 2.43. The Morgan fingerprint density at radius 1 is 1.38 bits per heavy atom. The lowest BCUT2D eigenvalue weighted by Gasteiger charge is -2.03. The zero-order valence-electron chi connectivity index (χ0n) is 8.80. The molecule has 1 heterocycles. The Hall–Kier alpha value is -1.55. The second-order valence-corrected chi connectivity index (χ2v) is 3.98. The van der Waals surface area contributed by atoms with Gasteiger partial charge in [-0.1, -0.05) is 12.1 Å². The monoisotopic (exact) mass is 233 g/mol. The summed E-state index contributed by atoms with van der Waals surface area (Å²) < 4.78 is 4.89. The van der Waals surface area contributed by atoms with E-state index in [4.69, 9.17) is 4.74 Å². The molecule has 0 aliphatic carbocycles. The minimum absolute atomic E-state index is 0.210. The Morgan fingerprint density at radius 3 is 2.88 bits per heavy atom. The number of ether oxygens (including phenoxy) is 1. The fourth-order valence-corrected chi connectivity index (χ4v) is 1.60. The van der Waals surface area contributed by atoms with Crippen molar-refractivity contribution in [3.63, 3.8) is 0 Å². The number of carbonyl (C=O) groups is 1. The lowest BCUT2D eigenvalue weighted by atomic mass is 10.2. The average molecular weight is 233 g/mol. The maximum Gasteiger partial charge on any atom is 0.303 e. The highest BCUT2D eigenvalue weighted by atomic mass is 32.1. The van der Waals surface area contributed by atoms with Crippen LogP contribution in [-0.4, -0.2) is 11.0 Å². The molecule has 0 fully saturated rings. The topological polar surface area (TPSA) is 39.2 Å². The molecule has 0 N–H and O–H groups in total. The fraction of sp³-hybridized carbons (Fsp3) is 0.167. The van der Waals surface area contributed by atoms with Crippen molar-refractivity contribution in [2.24, 2.45) is 0 Å². The molecule has 0 aliphatic rings. The number of thiol groups is 1. The van der Waals surface area contributed by atoms with Crippen LogP contribution in [-0.2, 0) is 16.1 Å². The molecule has 16 heavy (non-hydrogen) atoms. The van der Waals surface area contributed by atoms with E-state index in [1.807, 2.05) is 30.3 Å². The van der Waals surface area contributed by atoms with Gasteiger partial charge in [-0.3, -0.25) is 4.79 Å². The van der Waals surface area contributed by atoms with E-state index in [9.17, 15) is 4.79 Å². The predicted octanol–water partition coefficient (Wildman–Crippen LogP) is 2.59. The van der Waals surface area contributed by atoms with Gasteiger partial charge in [0.05, 0.1) is 11.2 Å². The van der Waals surface area contributed by atoms with Crippen LogP contribution in [0.15, 0.2) is 35.2 Å². The molecule has 3 nitrogen and oxygen atoms in total. The van der Waals surface area contributed by atoms with Crippen LogP contribution in [0.25, 0.3) is 10.9 Å². The third-order valence-electron chi connectivity index (χ3n) is 2.16. The van der Waals surface area contributed by atoms with Gasteiger partial charge in [0, 0.05) is 17.2 Å². The van der Waals surface area contributed by atoms with E-state index in [1.54, 1.807) is 0 Å². The molecule has 0 radical (unpaired) electrons. The molecule has 0 spiro atoms. The number of hydrogen-bond acceptors (Lipinski definition) is 4. The second kappa shape index (κ2) is 4.53. The molecule has 2 aromatic rings. The van der Waals surface area contributed by atoms with Gasteiger partial charge in [0.1, 0.15) is 6.61 Å². The molecule has 1 aromatic carbocycles. The van der Waals surface area contributed by atoms with Gasteiger partial charge in [-0.25, -0.2) is 4.98 Å². The van der Waals surface area contributed by atoms with Gasteiger partial charge in [-0.2, -0.15) is 0 Å². The summed E-state index contributed by atoms with van der Waals surface area (Å²) in [6.07, 6.45) is 0. The summed E-state index contributed by atoms with van der Waals surface area (Å²) >= 11 is 4.25. The van der Waals surface area contributed by atoms with Crippen molar-refractivity contribution >= 4 is 29.5 Å². The molecule has 0 saturated carbocycles. The van der Waals surface area contributed by atoms with E-state index in [0.29, 0.717) is 0 Å². The number of pyridine rings is 1. The molecule has 1 aromatic heterocycles. The zero-order chi connectivity index (χ0) is 11.5. The Bertz CT molecular complexity index is 540. The van der Waals surface area contributed by atoms with Crippen molar-refractivity contribution in [1.82, 2.24) is 4.98 Å². The summed E-state index contributed by atoms with van der Waals surface area (Å²) in [6, 6.07) is 9.56. The number of fused-ring (bicyclic) bond motifs is 1. The number of hydrogen-bond donors (Lipinski definition) is 1. The summed E-state index contributed by atoms with van der Waals surface area (Å²) in [7, 11) is 0. The summed E-state index contributed by atoms with van der Waals surface area (Å²) in [6.45, 7) is 1.59. The number of nitrogens with zero attached hydrogens (tertiary/aromatic N) is 1.